The van der Waals surface area contributed by atoms with E-state index < -0.39 is 10.8 Å². The van der Waals surface area contributed by atoms with E-state index in [1.807, 2.05) is 48.5 Å². The number of hydrogen-bond acceptors (Lipinski definition) is 5. The molecule has 7 heteroatoms. The van der Waals surface area contributed by atoms with E-state index in [0.717, 1.165) is 16.5 Å². The number of benzene rings is 4. The zero-order valence-electron chi connectivity index (χ0n) is 17.0. The van der Waals surface area contributed by atoms with Crippen LogP contribution in [0.25, 0.3) is 10.8 Å². The fourth-order valence-corrected chi connectivity index (χ4v) is 3.23. The molecule has 0 spiro atoms. The summed E-state index contributed by atoms with van der Waals surface area (Å²) in [4.78, 5) is 22.3. The molecule has 0 bridgehead atoms. The number of hydrazone groups is 1. The van der Waals surface area contributed by atoms with E-state index in [2.05, 4.69) is 28.7 Å². The van der Waals surface area contributed by atoms with Crippen molar-refractivity contribution in [2.45, 2.75) is 6.61 Å². The van der Waals surface area contributed by atoms with Crippen LogP contribution in [0.3, 0.4) is 0 Å². The highest BCUT2D eigenvalue weighted by Gasteiger charge is 2.08. The average Bonchev–Trinajstić information content (AvgIpc) is 2.83. The molecule has 158 valence electrons. The monoisotopic (exact) mass is 425 g/mol. The predicted octanol–water partition coefficient (Wildman–Crippen LogP) is 5.09. The smallest absolute Gasteiger partial charge is 0.271 e. The molecule has 4 aromatic carbocycles. The Morgan fingerprint density at radius 3 is 2.53 bits per heavy atom. The second-order valence-electron chi connectivity index (χ2n) is 7.00. The lowest BCUT2D eigenvalue weighted by molar-refractivity contribution is -0.384. The summed E-state index contributed by atoms with van der Waals surface area (Å²) in [6, 6.07) is 27.0. The highest BCUT2D eigenvalue weighted by Crippen LogP contribution is 2.21. The molecule has 0 aliphatic rings. The molecule has 0 fully saturated rings. The zero-order valence-corrected chi connectivity index (χ0v) is 17.0. The van der Waals surface area contributed by atoms with E-state index in [4.69, 9.17) is 4.74 Å². The van der Waals surface area contributed by atoms with Crippen molar-refractivity contribution in [2.24, 2.45) is 5.10 Å². The zero-order chi connectivity index (χ0) is 22.3. The van der Waals surface area contributed by atoms with Crippen LogP contribution in [-0.4, -0.2) is 17.0 Å². The van der Waals surface area contributed by atoms with Gasteiger partial charge in [-0.2, -0.15) is 5.10 Å². The Balaban J connectivity index is 1.37. The lowest BCUT2D eigenvalue weighted by Crippen LogP contribution is -2.17. The molecule has 1 amide bonds. The van der Waals surface area contributed by atoms with Gasteiger partial charge in [-0.15, -0.1) is 0 Å². The van der Waals surface area contributed by atoms with E-state index in [0.29, 0.717) is 12.4 Å². The van der Waals surface area contributed by atoms with Crippen LogP contribution in [0.5, 0.6) is 5.75 Å². The lowest BCUT2D eigenvalue weighted by atomic mass is 10.1. The van der Waals surface area contributed by atoms with Crippen LogP contribution in [0.4, 0.5) is 5.69 Å². The van der Waals surface area contributed by atoms with Gasteiger partial charge in [-0.05, 0) is 46.2 Å². The molecule has 0 saturated carbocycles. The Kier molecular flexibility index (Phi) is 6.17. The Labute approximate surface area is 184 Å². The van der Waals surface area contributed by atoms with E-state index >= 15 is 0 Å². The van der Waals surface area contributed by atoms with Crippen LogP contribution in [0.1, 0.15) is 21.5 Å². The van der Waals surface area contributed by atoms with Crippen molar-refractivity contribution in [3.05, 3.63) is 118 Å². The minimum absolute atomic E-state index is 0.0784. The second kappa shape index (κ2) is 9.53. The van der Waals surface area contributed by atoms with Crippen LogP contribution in [0.15, 0.2) is 96.1 Å². The molecule has 4 rings (SSSR count). The number of nitrogens with one attached hydrogen (secondary N) is 1. The van der Waals surface area contributed by atoms with Crippen LogP contribution in [-0.2, 0) is 6.61 Å². The number of amides is 1. The number of non-ortho nitro benzene ring substituents is 1. The molecule has 0 aliphatic carbocycles. The van der Waals surface area contributed by atoms with Gasteiger partial charge < -0.3 is 4.74 Å². The topological polar surface area (TPSA) is 93.8 Å². The quantitative estimate of drug-likeness (QED) is 0.253. The van der Waals surface area contributed by atoms with Crippen LogP contribution >= 0.6 is 0 Å². The van der Waals surface area contributed by atoms with Gasteiger partial charge in [0.15, 0.2) is 0 Å². The Bertz CT molecular complexity index is 1290. The minimum atomic E-state index is -0.519. The Morgan fingerprint density at radius 1 is 0.969 bits per heavy atom. The molecule has 0 aromatic heterocycles. The largest absolute Gasteiger partial charge is 0.489 e. The van der Waals surface area contributed by atoms with Gasteiger partial charge in [-0.1, -0.05) is 54.6 Å². The number of carbonyl (C=O) groups is 1. The fraction of sp³-hybridized carbons (Fsp3) is 0.0400. The number of fused-ring (bicyclic) bond motifs is 1. The summed E-state index contributed by atoms with van der Waals surface area (Å²) in [6.07, 6.45) is 1.51. The van der Waals surface area contributed by atoms with Gasteiger partial charge >= 0.3 is 0 Å². The van der Waals surface area contributed by atoms with Gasteiger partial charge in [-0.25, -0.2) is 5.43 Å². The maximum Gasteiger partial charge on any atom is 0.271 e. The van der Waals surface area contributed by atoms with Crippen LogP contribution in [0, 0.1) is 10.1 Å². The van der Waals surface area contributed by atoms with Gasteiger partial charge in [-0.3, -0.25) is 14.9 Å². The first-order valence-electron chi connectivity index (χ1n) is 9.87. The number of ether oxygens (including phenoxy) is 1. The molecule has 0 atom stereocenters. The van der Waals surface area contributed by atoms with Crippen LogP contribution < -0.4 is 10.2 Å². The molecular weight excluding hydrogens is 406 g/mol. The third-order valence-electron chi connectivity index (χ3n) is 4.85. The molecule has 0 heterocycles. The first-order valence-corrected chi connectivity index (χ1v) is 9.87. The Morgan fingerprint density at radius 2 is 1.72 bits per heavy atom. The summed E-state index contributed by atoms with van der Waals surface area (Å²) in [7, 11) is 0. The minimum Gasteiger partial charge on any atom is -0.489 e. The molecule has 1 N–H and O–H groups in total. The third-order valence-corrected chi connectivity index (χ3v) is 4.85. The molecule has 0 unspecified atom stereocenters. The summed E-state index contributed by atoms with van der Waals surface area (Å²) < 4.78 is 5.96. The third kappa shape index (κ3) is 4.96. The van der Waals surface area contributed by atoms with Crippen molar-refractivity contribution < 1.29 is 14.5 Å². The van der Waals surface area contributed by atoms with Gasteiger partial charge in [0, 0.05) is 17.7 Å². The summed E-state index contributed by atoms with van der Waals surface area (Å²) in [5, 5.41) is 17.0. The summed E-state index contributed by atoms with van der Waals surface area (Å²) in [5.41, 5.74) is 4.46. The number of hydrogen-bond donors (Lipinski definition) is 1. The standard InChI is InChI=1S/C25H19N3O4/c29-25(20-11-13-22(14-12-20)28(30)31)27-26-16-18-5-3-9-23(15-18)32-17-21-8-4-7-19-6-1-2-10-24(19)21/h1-16H,17H2,(H,27,29)/b26-16-. The molecular formula is C25H19N3O4. The number of nitro groups is 1. The highest BCUT2D eigenvalue weighted by molar-refractivity contribution is 5.95. The maximum absolute atomic E-state index is 12.1. The lowest BCUT2D eigenvalue weighted by Gasteiger charge is -2.09. The molecule has 7 nitrogen and oxygen atoms in total. The summed E-state index contributed by atoms with van der Waals surface area (Å²) >= 11 is 0. The number of nitrogens with zero attached hydrogens (tertiary/aromatic N) is 2. The average molecular weight is 425 g/mol. The molecule has 0 aliphatic heterocycles. The van der Waals surface area contributed by atoms with Crippen molar-refractivity contribution >= 4 is 28.6 Å². The summed E-state index contributed by atoms with van der Waals surface area (Å²) in [6.45, 7) is 0.429. The van der Waals surface area contributed by atoms with Crippen molar-refractivity contribution in [1.29, 1.82) is 0 Å². The van der Waals surface area contributed by atoms with E-state index in [1.54, 1.807) is 0 Å². The van der Waals surface area contributed by atoms with Crippen molar-refractivity contribution in [2.75, 3.05) is 0 Å². The van der Waals surface area contributed by atoms with E-state index in [9.17, 15) is 14.9 Å². The van der Waals surface area contributed by atoms with Gasteiger partial charge in [0.1, 0.15) is 12.4 Å². The first kappa shape index (κ1) is 20.7. The molecule has 32 heavy (non-hydrogen) atoms. The predicted molar refractivity (Wildman–Crippen MR) is 123 cm³/mol. The normalized spacial score (nSPS) is 10.9. The molecule has 0 saturated heterocycles. The highest BCUT2D eigenvalue weighted by atomic mass is 16.6. The van der Waals surface area contributed by atoms with Gasteiger partial charge in [0.25, 0.3) is 11.6 Å². The number of carbonyl (C=O) groups excluding carboxylic acids is 1. The second-order valence-corrected chi connectivity index (χ2v) is 7.00. The van der Waals surface area contributed by atoms with Crippen LogP contribution in [0.2, 0.25) is 0 Å². The maximum atomic E-state index is 12.1. The first-order chi connectivity index (χ1) is 15.6. The SMILES string of the molecule is O=C(N/N=C\c1cccc(OCc2cccc3ccccc23)c1)c1ccc([N+](=O)[O-])cc1. The molecule has 0 radical (unpaired) electrons. The molecule has 4 aromatic rings. The number of nitro benzene ring substituents is 1. The Hall–Kier alpha value is -4.52. The van der Waals surface area contributed by atoms with E-state index in [-0.39, 0.29) is 11.3 Å². The fourth-order valence-electron chi connectivity index (χ4n) is 3.23. The van der Waals surface area contributed by atoms with Crippen molar-refractivity contribution in [1.82, 2.24) is 5.43 Å². The summed E-state index contributed by atoms with van der Waals surface area (Å²) in [5.74, 6) is 0.225. The van der Waals surface area contributed by atoms with E-state index in [1.165, 1.54) is 35.9 Å². The number of rotatable bonds is 7. The van der Waals surface area contributed by atoms with Gasteiger partial charge in [0.2, 0.25) is 0 Å². The van der Waals surface area contributed by atoms with Gasteiger partial charge in [0.05, 0.1) is 11.1 Å². The van der Waals surface area contributed by atoms with Crippen molar-refractivity contribution in [3.8, 4) is 5.75 Å². The van der Waals surface area contributed by atoms with Crippen molar-refractivity contribution in [3.63, 3.8) is 0 Å².